The van der Waals surface area contributed by atoms with Crippen LogP contribution in [0.3, 0.4) is 0 Å². The van der Waals surface area contributed by atoms with E-state index >= 15 is 0 Å². The van der Waals surface area contributed by atoms with Crippen molar-refractivity contribution in [1.29, 1.82) is 0 Å². The summed E-state index contributed by atoms with van der Waals surface area (Å²) in [6.45, 7) is 3.07. The van der Waals surface area contributed by atoms with Crippen LogP contribution >= 0.6 is 22.9 Å². The molecule has 0 aromatic carbocycles. The van der Waals surface area contributed by atoms with E-state index in [4.69, 9.17) is 11.6 Å². The van der Waals surface area contributed by atoms with E-state index in [2.05, 4.69) is 10.2 Å². The molecule has 3 rings (SSSR count). The highest BCUT2D eigenvalue weighted by Gasteiger charge is 2.31. The van der Waals surface area contributed by atoms with Gasteiger partial charge in [0.2, 0.25) is 10.0 Å². The van der Waals surface area contributed by atoms with Crippen LogP contribution < -0.4 is 0 Å². The summed E-state index contributed by atoms with van der Waals surface area (Å²) in [7, 11) is -3.50. The minimum absolute atomic E-state index is 0.258. The van der Waals surface area contributed by atoms with E-state index in [0.717, 1.165) is 9.75 Å². The van der Waals surface area contributed by atoms with Gasteiger partial charge in [-0.25, -0.2) is 8.42 Å². The third kappa shape index (κ3) is 2.26. The van der Waals surface area contributed by atoms with Gasteiger partial charge in [0.25, 0.3) is 0 Å². The number of fused-ring (bicyclic) bond motifs is 1. The average molecular weight is 333 g/mol. The molecule has 2 aromatic rings. The van der Waals surface area contributed by atoms with Crippen LogP contribution in [0.2, 0.25) is 0 Å². The molecular weight excluding hydrogens is 320 g/mol. The highest BCUT2D eigenvalue weighted by molar-refractivity contribution is 7.89. The van der Waals surface area contributed by atoms with Crippen LogP contribution in [0.4, 0.5) is 0 Å². The van der Waals surface area contributed by atoms with Crippen molar-refractivity contribution in [1.82, 2.24) is 19.1 Å². The number of rotatable bonds is 3. The van der Waals surface area contributed by atoms with Crippen LogP contribution in [-0.4, -0.2) is 34.0 Å². The van der Waals surface area contributed by atoms with Crippen LogP contribution in [0, 0.1) is 6.92 Å². The second-order valence-corrected chi connectivity index (χ2v) is 8.06. The Hall–Kier alpha value is -0.960. The molecule has 20 heavy (non-hydrogen) atoms. The zero-order valence-corrected chi connectivity index (χ0v) is 13.2. The van der Waals surface area contributed by atoms with Gasteiger partial charge in [-0.05, 0) is 13.0 Å². The molecule has 0 amide bonds. The van der Waals surface area contributed by atoms with Crippen molar-refractivity contribution in [3.8, 4) is 0 Å². The van der Waals surface area contributed by atoms with Crippen LogP contribution in [0.25, 0.3) is 0 Å². The van der Waals surface area contributed by atoms with Crippen molar-refractivity contribution < 1.29 is 8.42 Å². The predicted octanol–water partition coefficient (Wildman–Crippen LogP) is 1.59. The number of sulfonamides is 1. The van der Waals surface area contributed by atoms with Gasteiger partial charge < -0.3 is 4.57 Å². The molecule has 1 aliphatic heterocycles. The highest BCUT2D eigenvalue weighted by atomic mass is 35.5. The number of aryl methyl sites for hydroxylation is 1. The number of thiophene rings is 1. The molecule has 6 nitrogen and oxygen atoms in total. The van der Waals surface area contributed by atoms with E-state index in [1.54, 1.807) is 19.3 Å². The minimum atomic E-state index is -3.50. The molecule has 9 heteroatoms. The standard InChI is InChI=1S/C11H13ClN4O2S2/c1-8-10(4-9(5-12)19-8)20(17,18)16-3-2-15-7-13-14-11(15)6-16/h4,7H,2-3,5-6H2,1H3. The number of hydrogen-bond acceptors (Lipinski definition) is 5. The van der Waals surface area contributed by atoms with Gasteiger partial charge >= 0.3 is 0 Å². The zero-order valence-electron chi connectivity index (χ0n) is 10.8. The van der Waals surface area contributed by atoms with Crippen molar-refractivity contribution in [2.45, 2.75) is 30.8 Å². The first-order chi connectivity index (χ1) is 9.52. The maximum Gasteiger partial charge on any atom is 0.244 e. The summed E-state index contributed by atoms with van der Waals surface area (Å²) in [6.07, 6.45) is 1.63. The Labute approximate surface area is 126 Å². The van der Waals surface area contributed by atoms with Crippen molar-refractivity contribution in [2.24, 2.45) is 0 Å². The predicted molar refractivity (Wildman–Crippen MR) is 76.2 cm³/mol. The number of nitrogens with zero attached hydrogens (tertiary/aromatic N) is 4. The lowest BCUT2D eigenvalue weighted by atomic mass is 10.4. The summed E-state index contributed by atoms with van der Waals surface area (Å²) in [4.78, 5) is 1.99. The van der Waals surface area contributed by atoms with Gasteiger partial charge in [0.1, 0.15) is 12.2 Å². The number of hydrogen-bond donors (Lipinski definition) is 0. The molecule has 0 radical (unpaired) electrons. The molecule has 0 bridgehead atoms. The third-order valence-corrected chi connectivity index (χ3v) is 6.87. The number of alkyl halides is 1. The van der Waals surface area contributed by atoms with E-state index in [0.29, 0.717) is 29.7 Å². The van der Waals surface area contributed by atoms with E-state index in [1.165, 1.54) is 15.6 Å². The Kier molecular flexibility index (Phi) is 3.57. The van der Waals surface area contributed by atoms with Gasteiger partial charge in [-0.1, -0.05) is 0 Å². The quantitative estimate of drug-likeness (QED) is 0.800. The second-order valence-electron chi connectivity index (χ2n) is 4.55. The first kappa shape index (κ1) is 14.0. The molecule has 0 saturated heterocycles. The van der Waals surface area contributed by atoms with Crippen LogP contribution in [-0.2, 0) is 29.0 Å². The summed E-state index contributed by atoms with van der Waals surface area (Å²) in [5, 5.41) is 7.75. The summed E-state index contributed by atoms with van der Waals surface area (Å²) in [5.74, 6) is 1.00. The molecule has 0 atom stereocenters. The summed E-state index contributed by atoms with van der Waals surface area (Å²) in [6, 6.07) is 1.67. The largest absolute Gasteiger partial charge is 0.315 e. The SMILES string of the molecule is Cc1sc(CCl)cc1S(=O)(=O)N1CCn2cnnc2C1. The average Bonchev–Trinajstić information content (AvgIpc) is 3.03. The van der Waals surface area contributed by atoms with Crippen LogP contribution in [0.15, 0.2) is 17.3 Å². The molecule has 0 fully saturated rings. The first-order valence-corrected chi connectivity index (χ1v) is 8.83. The van der Waals surface area contributed by atoms with E-state index in [1.807, 2.05) is 4.57 Å². The Balaban J connectivity index is 1.95. The topological polar surface area (TPSA) is 68.1 Å². The molecular formula is C11H13ClN4O2S2. The van der Waals surface area contributed by atoms with E-state index in [9.17, 15) is 8.42 Å². The molecule has 3 heterocycles. The fourth-order valence-electron chi connectivity index (χ4n) is 2.23. The summed E-state index contributed by atoms with van der Waals surface area (Å²) >= 11 is 7.20. The highest BCUT2D eigenvalue weighted by Crippen LogP contribution is 2.30. The van der Waals surface area contributed by atoms with E-state index < -0.39 is 10.0 Å². The third-order valence-electron chi connectivity index (χ3n) is 3.28. The lowest BCUT2D eigenvalue weighted by Gasteiger charge is -2.26. The van der Waals surface area contributed by atoms with Crippen molar-refractivity contribution >= 4 is 33.0 Å². The molecule has 0 aliphatic carbocycles. The molecule has 1 aliphatic rings. The van der Waals surface area contributed by atoms with Crippen LogP contribution in [0.5, 0.6) is 0 Å². The lowest BCUT2D eigenvalue weighted by Crippen LogP contribution is -2.38. The van der Waals surface area contributed by atoms with Crippen molar-refractivity contribution in [3.63, 3.8) is 0 Å². The fraction of sp³-hybridized carbons (Fsp3) is 0.455. The molecule has 0 unspecified atom stereocenters. The maximum atomic E-state index is 12.7. The monoisotopic (exact) mass is 332 g/mol. The van der Waals surface area contributed by atoms with Crippen molar-refractivity contribution in [2.75, 3.05) is 6.54 Å². The molecule has 108 valence electrons. The molecule has 0 N–H and O–H groups in total. The number of aromatic nitrogens is 3. The molecule has 0 spiro atoms. The fourth-order valence-corrected chi connectivity index (χ4v) is 5.32. The summed E-state index contributed by atoms with van der Waals surface area (Å²) in [5.41, 5.74) is 0. The van der Waals surface area contributed by atoms with Gasteiger partial charge in [-0.3, -0.25) is 0 Å². The normalized spacial score (nSPS) is 16.3. The zero-order chi connectivity index (χ0) is 14.3. The number of halogens is 1. The second kappa shape index (κ2) is 5.10. The van der Waals surface area contributed by atoms with Gasteiger partial charge in [-0.15, -0.1) is 33.1 Å². The van der Waals surface area contributed by atoms with Crippen molar-refractivity contribution in [3.05, 3.63) is 28.0 Å². The van der Waals surface area contributed by atoms with Gasteiger partial charge in [0.15, 0.2) is 0 Å². The van der Waals surface area contributed by atoms with E-state index in [-0.39, 0.29) is 6.54 Å². The Morgan fingerprint density at radius 2 is 2.25 bits per heavy atom. The minimum Gasteiger partial charge on any atom is -0.315 e. The maximum absolute atomic E-state index is 12.7. The molecule has 0 saturated carbocycles. The molecule has 2 aromatic heterocycles. The Morgan fingerprint density at radius 1 is 1.45 bits per heavy atom. The smallest absolute Gasteiger partial charge is 0.244 e. The van der Waals surface area contributed by atoms with Gasteiger partial charge in [0, 0.05) is 22.8 Å². The summed E-state index contributed by atoms with van der Waals surface area (Å²) < 4.78 is 28.7. The Bertz CT molecular complexity index is 737. The first-order valence-electron chi connectivity index (χ1n) is 6.04. The lowest BCUT2D eigenvalue weighted by molar-refractivity contribution is 0.335. The van der Waals surface area contributed by atoms with Gasteiger partial charge in [-0.2, -0.15) is 4.31 Å². The van der Waals surface area contributed by atoms with Gasteiger partial charge in [0.05, 0.1) is 17.3 Å². The van der Waals surface area contributed by atoms with Crippen LogP contribution in [0.1, 0.15) is 15.6 Å². The Morgan fingerprint density at radius 3 is 2.95 bits per heavy atom.